The van der Waals surface area contributed by atoms with Crippen LogP contribution in [-0.4, -0.2) is 0 Å². The van der Waals surface area contributed by atoms with E-state index in [1.165, 1.54) is 27.2 Å². The van der Waals surface area contributed by atoms with Gasteiger partial charge in [-0.05, 0) is 0 Å². The summed E-state index contributed by atoms with van der Waals surface area (Å²) in [5.41, 5.74) is 4.29. The first kappa shape index (κ1) is 34.3. The van der Waals surface area contributed by atoms with E-state index in [1.807, 2.05) is 0 Å². The van der Waals surface area contributed by atoms with Crippen LogP contribution in [0.2, 0.25) is 41.2 Å². The molecule has 0 atom stereocenters. The maximum absolute atomic E-state index is 5.79. The molecule has 0 saturated heterocycles. The Balaban J connectivity index is 0.000000324. The normalized spacial score (nSPS) is 20.7. The Morgan fingerprint density at radius 1 is 0.535 bits per heavy atom. The van der Waals surface area contributed by atoms with E-state index in [2.05, 4.69) is 171 Å². The van der Waals surface area contributed by atoms with E-state index in [-0.39, 0.29) is 0 Å². The van der Waals surface area contributed by atoms with E-state index < -0.39 is 31.6 Å². The monoisotopic (exact) mass is 732 g/mol. The third kappa shape index (κ3) is 6.68. The summed E-state index contributed by atoms with van der Waals surface area (Å²) in [7, 11) is 0. The summed E-state index contributed by atoms with van der Waals surface area (Å²) in [6.45, 7) is 2.35. The van der Waals surface area contributed by atoms with Crippen LogP contribution >= 0.6 is 0 Å². The number of hydrogen-bond acceptors (Lipinski definition) is 0. The summed E-state index contributed by atoms with van der Waals surface area (Å²) < 4.78 is 29.4. The molecule has 0 aromatic heterocycles. The van der Waals surface area contributed by atoms with Crippen LogP contribution in [0.3, 0.4) is 0 Å². The van der Waals surface area contributed by atoms with Gasteiger partial charge >= 0.3 is 256 Å². The van der Waals surface area contributed by atoms with Gasteiger partial charge in [0.1, 0.15) is 0 Å². The SMILES string of the molecule is C[CH2][Zr]([CH3])([CH3])([CH3])[C]1=CC=CC1.[CH3][Zr]([CH3])([CH3])([CH3])([CH3])([CH2]c1ccccc1)([CH2]c1ccccc1)([CH2]c1ccccc1)[C]1=CC=CC1. The van der Waals surface area contributed by atoms with Gasteiger partial charge in [0.25, 0.3) is 0 Å². The Bertz CT molecular complexity index is 1580. The van der Waals surface area contributed by atoms with E-state index in [0.29, 0.717) is 0 Å². The van der Waals surface area contributed by atoms with E-state index in [0.717, 1.165) is 18.8 Å². The summed E-state index contributed by atoms with van der Waals surface area (Å²) in [5, 5.41) is 0. The molecule has 0 aliphatic heterocycles. The molecule has 0 N–H and O–H groups in total. The summed E-state index contributed by atoms with van der Waals surface area (Å²) in [6.07, 6.45) is 16.3. The molecule has 3 aromatic carbocycles. The standard InChI is InChI=1S/3C7H7.2C5H5.C2H5.8CH3.2Zr/c3*1-7-5-3-2-4-6-7;2*1-2-4-5-3-1;1-2;;;;;;;;;;/h3*2-6H,1H2;2*1-3H,4H2;1H2,2H3;8*1H3;;. The molecule has 2 aliphatic rings. The first-order valence-corrected chi connectivity index (χ1v) is 45.9. The fourth-order valence-corrected chi connectivity index (χ4v) is 46.9. The molecular weight excluding hydrogens is 675 g/mol. The Hall–Kier alpha value is -1.61. The quantitative estimate of drug-likeness (QED) is 0.205. The van der Waals surface area contributed by atoms with Crippen molar-refractivity contribution in [3.05, 3.63) is 151 Å². The van der Waals surface area contributed by atoms with Gasteiger partial charge in [0.05, 0.1) is 0 Å². The third-order valence-electron chi connectivity index (χ3n) is 13.1. The molecule has 0 unspecified atom stereocenters. The zero-order chi connectivity index (χ0) is 31.8. The van der Waals surface area contributed by atoms with Gasteiger partial charge in [0, 0.05) is 0 Å². The molecule has 5 rings (SSSR count). The van der Waals surface area contributed by atoms with Gasteiger partial charge in [0.15, 0.2) is 0 Å². The van der Waals surface area contributed by atoms with Crippen LogP contribution in [0.25, 0.3) is 0 Å². The number of hydrogen-bond donors (Lipinski definition) is 0. The zero-order valence-corrected chi connectivity index (χ0v) is 33.8. The second-order valence-corrected chi connectivity index (χ2v) is 112. The molecular formula is C41H60Zr2. The van der Waals surface area contributed by atoms with Crippen LogP contribution in [0.5, 0.6) is 0 Å². The fourth-order valence-electron chi connectivity index (χ4n) is 9.68. The van der Waals surface area contributed by atoms with Crippen molar-refractivity contribution in [1.29, 1.82) is 0 Å². The predicted octanol–water partition coefficient (Wildman–Crippen LogP) is 13.6. The molecule has 0 saturated carbocycles. The van der Waals surface area contributed by atoms with E-state index in [1.54, 1.807) is 6.56 Å². The van der Waals surface area contributed by atoms with Crippen LogP contribution in [0.1, 0.15) is 36.5 Å². The Morgan fingerprint density at radius 3 is 1.21 bits per heavy atom. The van der Waals surface area contributed by atoms with Crippen LogP contribution in [0, 0.1) is 0 Å². The summed E-state index contributed by atoms with van der Waals surface area (Å²) in [6, 6.07) is 33.7. The first-order chi connectivity index (χ1) is 19.5. The fraction of sp³-hybridized carbons (Fsp3) is 0.366. The van der Waals surface area contributed by atoms with Crippen molar-refractivity contribution < 1.29 is 31.6 Å². The molecule has 2 aliphatic carbocycles. The van der Waals surface area contributed by atoms with Crippen molar-refractivity contribution in [1.82, 2.24) is 0 Å². The zero-order valence-electron chi connectivity index (χ0n) is 28.9. The van der Waals surface area contributed by atoms with Gasteiger partial charge < -0.3 is 0 Å². The number of allylic oxidation sites excluding steroid dienone is 8. The molecule has 0 radical (unpaired) electrons. The Kier molecular flexibility index (Phi) is 6.69. The van der Waals surface area contributed by atoms with Gasteiger partial charge in [-0.2, -0.15) is 0 Å². The van der Waals surface area contributed by atoms with Crippen LogP contribution in [0.15, 0.2) is 134 Å². The Morgan fingerprint density at radius 2 is 0.907 bits per heavy atom. The predicted molar refractivity (Wildman–Crippen MR) is 192 cm³/mol. The molecule has 3 aromatic rings. The average Bonchev–Trinajstić information content (AvgIpc) is 3.66. The van der Waals surface area contributed by atoms with Crippen molar-refractivity contribution in [3.8, 4) is 0 Å². The Labute approximate surface area is 253 Å². The molecule has 2 heteroatoms. The van der Waals surface area contributed by atoms with Crippen LogP contribution < -0.4 is 0 Å². The van der Waals surface area contributed by atoms with Crippen molar-refractivity contribution >= 4 is 0 Å². The molecule has 0 spiro atoms. The van der Waals surface area contributed by atoms with Crippen molar-refractivity contribution in [2.45, 2.75) is 73.3 Å². The topological polar surface area (TPSA) is 0 Å². The first-order valence-electron chi connectivity index (χ1n) is 16.8. The maximum atomic E-state index is 2.75. The second-order valence-electron chi connectivity index (χ2n) is 24.3. The molecule has 0 nitrogen and oxygen atoms in total. The van der Waals surface area contributed by atoms with Gasteiger partial charge in [-0.15, -0.1) is 0 Å². The molecule has 0 amide bonds. The number of rotatable bonds is 9. The minimum atomic E-state index is -5.79. The van der Waals surface area contributed by atoms with Crippen molar-refractivity contribution in [3.63, 3.8) is 0 Å². The van der Waals surface area contributed by atoms with Crippen LogP contribution in [0.4, 0.5) is 0 Å². The number of benzene rings is 3. The van der Waals surface area contributed by atoms with E-state index in [9.17, 15) is 0 Å². The van der Waals surface area contributed by atoms with Crippen molar-refractivity contribution in [2.24, 2.45) is 0 Å². The minimum absolute atomic E-state index is 1.02. The van der Waals surface area contributed by atoms with Gasteiger partial charge in [-0.25, -0.2) is 0 Å². The summed E-state index contributed by atoms with van der Waals surface area (Å²) >= 11 is -8.05. The molecule has 232 valence electrons. The summed E-state index contributed by atoms with van der Waals surface area (Å²) in [5.74, 6) is 0. The molecule has 0 bridgehead atoms. The molecule has 0 fully saturated rings. The van der Waals surface area contributed by atoms with E-state index in [4.69, 9.17) is 0 Å². The van der Waals surface area contributed by atoms with Crippen molar-refractivity contribution in [2.75, 3.05) is 0 Å². The molecule has 43 heavy (non-hydrogen) atoms. The van der Waals surface area contributed by atoms with Gasteiger partial charge in [-0.1, -0.05) is 0 Å². The third-order valence-corrected chi connectivity index (χ3v) is 59.1. The average molecular weight is 735 g/mol. The molecule has 0 heterocycles. The summed E-state index contributed by atoms with van der Waals surface area (Å²) in [4.78, 5) is 0. The van der Waals surface area contributed by atoms with Gasteiger partial charge in [0.2, 0.25) is 0 Å². The van der Waals surface area contributed by atoms with Crippen LogP contribution in [-0.2, 0) is 44.0 Å². The second kappa shape index (κ2) is 8.40. The van der Waals surface area contributed by atoms with E-state index >= 15 is 0 Å². The van der Waals surface area contributed by atoms with Gasteiger partial charge in [-0.3, -0.25) is 0 Å².